The second kappa shape index (κ2) is 6.04. The quantitative estimate of drug-likeness (QED) is 0.788. The first-order valence-corrected chi connectivity index (χ1v) is 9.04. The van der Waals surface area contributed by atoms with Gasteiger partial charge in [0, 0.05) is 0 Å². The lowest BCUT2D eigenvalue weighted by Gasteiger charge is -2.39. The number of hydrogen-bond acceptors (Lipinski definition) is 3. The molecular weight excluding hydrogens is 278 g/mol. The van der Waals surface area contributed by atoms with Gasteiger partial charge in [0.25, 0.3) is 0 Å². The van der Waals surface area contributed by atoms with Crippen LogP contribution in [0.3, 0.4) is 0 Å². The fourth-order valence-electron chi connectivity index (χ4n) is 5.52. The Morgan fingerprint density at radius 3 is 2.45 bits per heavy atom. The van der Waals surface area contributed by atoms with Gasteiger partial charge in [0.15, 0.2) is 0 Å². The van der Waals surface area contributed by atoms with Crippen molar-refractivity contribution in [2.45, 2.75) is 45.8 Å². The molecule has 0 aromatic heterocycles. The highest BCUT2D eigenvalue weighted by molar-refractivity contribution is 5.06. The molecule has 128 valence electrons. The Kier molecular flexibility index (Phi) is 4.59. The van der Waals surface area contributed by atoms with Crippen LogP contribution in [0.2, 0.25) is 0 Å². The first-order chi connectivity index (χ1) is 10.3. The minimum Gasteiger partial charge on any atom is -0.385 e. The van der Waals surface area contributed by atoms with Gasteiger partial charge < -0.3 is 19.1 Å². The molecule has 3 rings (SSSR count). The average Bonchev–Trinajstić information content (AvgIpc) is 2.83. The van der Waals surface area contributed by atoms with Gasteiger partial charge in [-0.05, 0) is 36.0 Å². The molecule has 3 aliphatic rings. The van der Waals surface area contributed by atoms with Gasteiger partial charge in [-0.25, -0.2) is 0 Å². The van der Waals surface area contributed by atoms with Gasteiger partial charge >= 0.3 is 0 Å². The number of morpholine rings is 1. The molecule has 22 heavy (non-hydrogen) atoms. The van der Waals surface area contributed by atoms with Gasteiger partial charge in [-0.3, -0.25) is 0 Å². The van der Waals surface area contributed by atoms with Gasteiger partial charge in [0.05, 0.1) is 33.0 Å². The Bertz CT molecular complexity index is 392. The third-order valence-corrected chi connectivity index (χ3v) is 6.93. The van der Waals surface area contributed by atoms with E-state index in [0.29, 0.717) is 30.0 Å². The van der Waals surface area contributed by atoms with Crippen molar-refractivity contribution in [2.24, 2.45) is 23.2 Å². The second-order valence-corrected chi connectivity index (χ2v) is 8.78. The number of ether oxygens (including phenoxy) is 2. The molecule has 1 heterocycles. The lowest BCUT2D eigenvalue weighted by Crippen LogP contribution is -2.56. The monoisotopic (exact) mass is 312 g/mol. The molecular formula is C18H34NO3+. The summed E-state index contributed by atoms with van der Waals surface area (Å²) < 4.78 is 12.6. The van der Waals surface area contributed by atoms with Gasteiger partial charge in [-0.2, -0.15) is 0 Å². The molecule has 4 heteroatoms. The number of aliphatic hydroxyl groups excluding tert-OH is 1. The van der Waals surface area contributed by atoms with Crippen LogP contribution in [0.4, 0.5) is 0 Å². The van der Waals surface area contributed by atoms with Gasteiger partial charge in [-0.1, -0.05) is 20.8 Å². The summed E-state index contributed by atoms with van der Waals surface area (Å²) in [5, 5.41) is 10.4. The number of rotatable bonds is 5. The van der Waals surface area contributed by atoms with Crippen LogP contribution in [0.5, 0.6) is 0 Å². The summed E-state index contributed by atoms with van der Waals surface area (Å²) in [4.78, 5) is 0. The van der Waals surface area contributed by atoms with Crippen molar-refractivity contribution in [1.82, 2.24) is 0 Å². The van der Waals surface area contributed by atoms with Crippen molar-refractivity contribution in [2.75, 3.05) is 46.5 Å². The summed E-state index contributed by atoms with van der Waals surface area (Å²) in [6.07, 6.45) is 2.64. The molecule has 2 saturated carbocycles. The van der Waals surface area contributed by atoms with E-state index in [9.17, 15) is 5.11 Å². The van der Waals surface area contributed by atoms with Gasteiger partial charge in [0.2, 0.25) is 0 Å². The molecule has 5 atom stereocenters. The Labute approximate surface area is 135 Å². The van der Waals surface area contributed by atoms with Crippen LogP contribution in [0.25, 0.3) is 0 Å². The molecule has 2 aliphatic carbocycles. The largest absolute Gasteiger partial charge is 0.385 e. The summed E-state index contributed by atoms with van der Waals surface area (Å²) >= 11 is 0. The minimum absolute atomic E-state index is 0.346. The van der Waals surface area contributed by atoms with Crippen molar-refractivity contribution in [1.29, 1.82) is 0 Å². The Morgan fingerprint density at radius 1 is 1.23 bits per heavy atom. The zero-order chi connectivity index (χ0) is 16.0. The lowest BCUT2D eigenvalue weighted by molar-refractivity contribution is -0.919. The molecule has 1 aliphatic heterocycles. The summed E-state index contributed by atoms with van der Waals surface area (Å²) in [6, 6.07) is 0. The van der Waals surface area contributed by atoms with Crippen LogP contribution in [0.15, 0.2) is 0 Å². The zero-order valence-electron chi connectivity index (χ0n) is 14.8. The first kappa shape index (κ1) is 16.7. The first-order valence-electron chi connectivity index (χ1n) is 9.04. The molecule has 0 aromatic carbocycles. The van der Waals surface area contributed by atoms with Crippen molar-refractivity contribution >= 4 is 0 Å². The minimum atomic E-state index is -0.363. The van der Waals surface area contributed by atoms with Gasteiger partial charge in [0.1, 0.15) is 25.7 Å². The van der Waals surface area contributed by atoms with E-state index in [1.54, 1.807) is 0 Å². The van der Waals surface area contributed by atoms with E-state index in [4.69, 9.17) is 9.47 Å². The third kappa shape index (κ3) is 2.95. The molecule has 1 N–H and O–H groups in total. The van der Waals surface area contributed by atoms with E-state index in [2.05, 4.69) is 27.8 Å². The number of nitrogens with zero attached hydrogens (tertiary/aromatic N) is 1. The molecule has 3 fully saturated rings. The summed E-state index contributed by atoms with van der Waals surface area (Å²) in [5.41, 5.74) is 0.414. The normalized spacial score (nSPS) is 40.8. The van der Waals surface area contributed by atoms with Crippen LogP contribution in [-0.4, -0.2) is 68.3 Å². The number of fused-ring (bicyclic) bond motifs is 2. The lowest BCUT2D eigenvalue weighted by atomic mass is 9.80. The second-order valence-electron chi connectivity index (χ2n) is 8.78. The topological polar surface area (TPSA) is 38.7 Å². The van der Waals surface area contributed by atoms with Crippen LogP contribution in [0.1, 0.15) is 33.6 Å². The van der Waals surface area contributed by atoms with E-state index in [-0.39, 0.29) is 6.10 Å². The van der Waals surface area contributed by atoms with Crippen molar-refractivity contribution in [3.05, 3.63) is 0 Å². The summed E-state index contributed by atoms with van der Waals surface area (Å²) in [6.45, 7) is 12.0. The van der Waals surface area contributed by atoms with Crippen LogP contribution >= 0.6 is 0 Å². The maximum absolute atomic E-state index is 10.4. The van der Waals surface area contributed by atoms with E-state index in [1.807, 2.05) is 0 Å². The fourth-order valence-corrected chi connectivity index (χ4v) is 5.52. The SMILES string of the molecule is C[C@@H]1[C@H](OC[C@@H](O)C[N+]2(C)CCOCC2)[C@H]2CC[C@H]1C2(C)C. The molecule has 0 aromatic rings. The van der Waals surface area contributed by atoms with E-state index in [0.717, 1.165) is 43.2 Å². The standard InChI is InChI=1S/C18H34NO3/c1-13-15-5-6-16(18(15,2)3)17(13)22-12-14(20)11-19(4)7-9-21-10-8-19/h13-17,20H,5-12H2,1-4H3/q+1/t13-,14-,15+,16+,17-/m0/s1. The average molecular weight is 312 g/mol. The molecule has 0 amide bonds. The molecule has 4 nitrogen and oxygen atoms in total. The zero-order valence-corrected chi connectivity index (χ0v) is 14.8. The predicted molar refractivity (Wildman–Crippen MR) is 86.5 cm³/mol. The molecule has 0 radical (unpaired) electrons. The Balaban J connectivity index is 1.50. The predicted octanol–water partition coefficient (Wildman–Crippen LogP) is 1.91. The van der Waals surface area contributed by atoms with E-state index >= 15 is 0 Å². The third-order valence-electron chi connectivity index (χ3n) is 6.93. The number of likely N-dealkylation sites (N-methyl/N-ethyl adjacent to an activating group) is 1. The molecule has 0 unspecified atom stereocenters. The van der Waals surface area contributed by atoms with Crippen molar-refractivity contribution < 1.29 is 19.1 Å². The van der Waals surface area contributed by atoms with Crippen LogP contribution < -0.4 is 0 Å². The van der Waals surface area contributed by atoms with Crippen LogP contribution in [0, 0.1) is 23.2 Å². The van der Waals surface area contributed by atoms with E-state index in [1.165, 1.54) is 12.8 Å². The molecule has 0 spiro atoms. The highest BCUT2D eigenvalue weighted by atomic mass is 16.5. The number of aliphatic hydroxyl groups is 1. The highest BCUT2D eigenvalue weighted by Crippen LogP contribution is 2.60. The number of hydrogen-bond donors (Lipinski definition) is 1. The fraction of sp³-hybridized carbons (Fsp3) is 1.00. The molecule has 2 bridgehead atoms. The van der Waals surface area contributed by atoms with Gasteiger partial charge in [-0.15, -0.1) is 0 Å². The maximum Gasteiger partial charge on any atom is 0.126 e. The Morgan fingerprint density at radius 2 is 1.86 bits per heavy atom. The summed E-state index contributed by atoms with van der Waals surface area (Å²) in [7, 11) is 2.22. The smallest absolute Gasteiger partial charge is 0.126 e. The Hall–Kier alpha value is -0.160. The van der Waals surface area contributed by atoms with Crippen molar-refractivity contribution in [3.63, 3.8) is 0 Å². The van der Waals surface area contributed by atoms with Crippen LogP contribution in [-0.2, 0) is 9.47 Å². The number of quaternary nitrogens is 1. The van der Waals surface area contributed by atoms with E-state index < -0.39 is 0 Å². The summed E-state index contributed by atoms with van der Waals surface area (Å²) in [5.74, 6) is 2.10. The highest BCUT2D eigenvalue weighted by Gasteiger charge is 2.57. The maximum atomic E-state index is 10.4. The van der Waals surface area contributed by atoms with Crippen molar-refractivity contribution in [3.8, 4) is 0 Å². The molecule has 1 saturated heterocycles.